The summed E-state index contributed by atoms with van der Waals surface area (Å²) in [4.78, 5) is 20.2. The average Bonchev–Trinajstić information content (AvgIpc) is 2.99. The topological polar surface area (TPSA) is 66.6 Å². The van der Waals surface area contributed by atoms with Crippen LogP contribution in [-0.4, -0.2) is 33.5 Å². The van der Waals surface area contributed by atoms with Gasteiger partial charge in [0, 0.05) is 23.4 Å². The van der Waals surface area contributed by atoms with Gasteiger partial charge in [0.2, 0.25) is 5.76 Å². The number of nitrogens with zero attached hydrogens (tertiary/aromatic N) is 2. The van der Waals surface area contributed by atoms with Gasteiger partial charge in [-0.25, -0.2) is 4.98 Å². The van der Waals surface area contributed by atoms with Crippen molar-refractivity contribution in [2.24, 2.45) is 0 Å². The number of rotatable bonds is 5. The lowest BCUT2D eigenvalue weighted by molar-refractivity contribution is 0.0637. The number of amides is 1. The van der Waals surface area contributed by atoms with E-state index in [-0.39, 0.29) is 11.9 Å². The Morgan fingerprint density at radius 1 is 1.50 bits per heavy atom. The van der Waals surface area contributed by atoms with Crippen molar-refractivity contribution >= 4 is 17.2 Å². The summed E-state index contributed by atoms with van der Waals surface area (Å²) in [7, 11) is 0. The van der Waals surface area contributed by atoms with Crippen molar-refractivity contribution in [3.05, 3.63) is 39.7 Å². The van der Waals surface area contributed by atoms with Crippen LogP contribution in [0.15, 0.2) is 21.9 Å². The minimum Gasteiger partial charge on any atom is -0.435 e. The van der Waals surface area contributed by atoms with Crippen molar-refractivity contribution < 1.29 is 14.3 Å². The molecular weight excluding hydrogens is 324 g/mol. The van der Waals surface area contributed by atoms with Gasteiger partial charge in [0.25, 0.3) is 5.91 Å². The Morgan fingerprint density at radius 3 is 3.04 bits per heavy atom. The van der Waals surface area contributed by atoms with E-state index in [2.05, 4.69) is 4.98 Å². The fourth-order valence-corrected chi connectivity index (χ4v) is 4.18. The van der Waals surface area contributed by atoms with Crippen LogP contribution in [0, 0.1) is 6.92 Å². The van der Waals surface area contributed by atoms with Gasteiger partial charge < -0.3 is 14.4 Å². The SMILES string of the molecule is Cc1nc(C2CC2)oc1C(=O)N1CCC[C@H]1C[C@H](O)c1cccs1. The van der Waals surface area contributed by atoms with Crippen molar-refractivity contribution in [1.82, 2.24) is 9.88 Å². The van der Waals surface area contributed by atoms with Crippen molar-refractivity contribution in [3.63, 3.8) is 0 Å². The monoisotopic (exact) mass is 346 g/mol. The number of aryl methyl sites for hydroxylation is 1. The largest absolute Gasteiger partial charge is 0.435 e. The van der Waals surface area contributed by atoms with Gasteiger partial charge in [-0.2, -0.15) is 0 Å². The predicted molar refractivity (Wildman–Crippen MR) is 91.2 cm³/mol. The van der Waals surface area contributed by atoms with Crippen LogP contribution in [-0.2, 0) is 0 Å². The normalized spacial score (nSPS) is 22.1. The lowest BCUT2D eigenvalue weighted by atomic mass is 10.1. The third-order valence-corrected chi connectivity index (χ3v) is 5.91. The standard InChI is InChI=1S/C18H22N2O3S/c1-11-16(23-17(19-11)12-6-7-12)18(22)20-8-2-4-13(20)10-14(21)15-5-3-9-24-15/h3,5,9,12-14,21H,2,4,6-8,10H2,1H3/t13-,14-/m0/s1. The molecule has 24 heavy (non-hydrogen) atoms. The maximum Gasteiger partial charge on any atom is 0.291 e. The molecule has 0 aromatic carbocycles. The number of aliphatic hydroxyl groups excluding tert-OH is 1. The molecule has 1 saturated carbocycles. The molecule has 6 heteroatoms. The second kappa shape index (κ2) is 6.33. The molecule has 1 N–H and O–H groups in total. The molecule has 1 amide bonds. The number of carbonyl (C=O) groups excluding carboxylic acids is 1. The van der Waals surface area contributed by atoms with E-state index in [0.717, 1.165) is 37.1 Å². The van der Waals surface area contributed by atoms with Gasteiger partial charge in [0.05, 0.1) is 11.8 Å². The van der Waals surface area contributed by atoms with E-state index < -0.39 is 6.10 Å². The first kappa shape index (κ1) is 15.8. The number of oxazole rings is 1. The number of carbonyl (C=O) groups is 1. The Morgan fingerprint density at radius 2 is 2.33 bits per heavy atom. The average molecular weight is 346 g/mol. The molecule has 1 aliphatic heterocycles. The van der Waals surface area contributed by atoms with Crippen LogP contribution in [0.3, 0.4) is 0 Å². The van der Waals surface area contributed by atoms with E-state index in [0.29, 0.717) is 29.7 Å². The van der Waals surface area contributed by atoms with Crippen LogP contribution in [0.4, 0.5) is 0 Å². The quantitative estimate of drug-likeness (QED) is 0.897. The van der Waals surface area contributed by atoms with Crippen molar-refractivity contribution in [3.8, 4) is 0 Å². The summed E-state index contributed by atoms with van der Waals surface area (Å²) >= 11 is 1.55. The van der Waals surface area contributed by atoms with Crippen LogP contribution >= 0.6 is 11.3 Å². The van der Waals surface area contributed by atoms with Gasteiger partial charge >= 0.3 is 0 Å². The summed E-state index contributed by atoms with van der Waals surface area (Å²) in [5.41, 5.74) is 0.686. The van der Waals surface area contributed by atoms with Gasteiger partial charge in [-0.05, 0) is 50.5 Å². The third kappa shape index (κ3) is 3.00. The molecule has 0 spiro atoms. The van der Waals surface area contributed by atoms with E-state index in [9.17, 15) is 9.90 Å². The van der Waals surface area contributed by atoms with Gasteiger partial charge in [-0.1, -0.05) is 6.07 Å². The summed E-state index contributed by atoms with van der Waals surface area (Å²) in [5, 5.41) is 12.4. The fraction of sp³-hybridized carbons (Fsp3) is 0.556. The summed E-state index contributed by atoms with van der Waals surface area (Å²) in [6.45, 7) is 2.56. The van der Waals surface area contributed by atoms with Gasteiger partial charge in [-0.15, -0.1) is 11.3 Å². The zero-order valence-corrected chi connectivity index (χ0v) is 14.6. The molecule has 0 radical (unpaired) electrons. The smallest absolute Gasteiger partial charge is 0.291 e. The molecule has 128 valence electrons. The van der Waals surface area contributed by atoms with E-state index in [1.54, 1.807) is 11.3 Å². The molecule has 2 aromatic rings. The van der Waals surface area contributed by atoms with Crippen LogP contribution in [0.2, 0.25) is 0 Å². The molecule has 4 rings (SSSR count). The zero-order chi connectivity index (χ0) is 16.7. The Labute approximate surface area is 145 Å². The first-order chi connectivity index (χ1) is 11.6. The minimum atomic E-state index is -0.513. The van der Waals surface area contributed by atoms with Crippen molar-refractivity contribution in [2.75, 3.05) is 6.54 Å². The number of aliphatic hydroxyl groups is 1. The van der Waals surface area contributed by atoms with E-state index >= 15 is 0 Å². The summed E-state index contributed by atoms with van der Waals surface area (Å²) in [6.07, 6.45) is 4.17. The molecule has 0 bridgehead atoms. The first-order valence-electron chi connectivity index (χ1n) is 8.63. The van der Waals surface area contributed by atoms with E-state index in [1.807, 2.05) is 29.3 Å². The Kier molecular flexibility index (Phi) is 4.18. The van der Waals surface area contributed by atoms with Crippen molar-refractivity contribution in [2.45, 2.75) is 57.1 Å². The summed E-state index contributed by atoms with van der Waals surface area (Å²) in [5.74, 6) is 1.42. The summed E-state index contributed by atoms with van der Waals surface area (Å²) < 4.78 is 5.78. The van der Waals surface area contributed by atoms with Crippen LogP contribution < -0.4 is 0 Å². The third-order valence-electron chi connectivity index (χ3n) is 4.94. The molecule has 3 heterocycles. The molecule has 1 aliphatic carbocycles. The van der Waals surface area contributed by atoms with E-state index in [4.69, 9.17) is 4.42 Å². The number of aromatic nitrogens is 1. The van der Waals surface area contributed by atoms with Crippen LogP contribution in [0.5, 0.6) is 0 Å². The molecule has 2 atom stereocenters. The second-order valence-corrected chi connectivity index (χ2v) is 7.78. The molecular formula is C18H22N2O3S. The zero-order valence-electron chi connectivity index (χ0n) is 13.8. The number of hydrogen-bond donors (Lipinski definition) is 1. The number of likely N-dealkylation sites (tertiary alicyclic amines) is 1. The maximum atomic E-state index is 12.9. The highest BCUT2D eigenvalue weighted by Crippen LogP contribution is 2.40. The van der Waals surface area contributed by atoms with Gasteiger partial charge in [-0.3, -0.25) is 4.79 Å². The van der Waals surface area contributed by atoms with Gasteiger partial charge in [0.1, 0.15) is 0 Å². The Hall–Kier alpha value is -1.66. The van der Waals surface area contributed by atoms with E-state index in [1.165, 1.54) is 0 Å². The number of hydrogen-bond acceptors (Lipinski definition) is 5. The second-order valence-electron chi connectivity index (χ2n) is 6.80. The molecule has 2 aliphatic rings. The van der Waals surface area contributed by atoms with Crippen LogP contribution in [0.1, 0.15) is 71.1 Å². The molecule has 2 aromatic heterocycles. The molecule has 5 nitrogen and oxygen atoms in total. The highest BCUT2D eigenvalue weighted by molar-refractivity contribution is 7.10. The Balaban J connectivity index is 1.48. The number of thiophene rings is 1. The van der Waals surface area contributed by atoms with Gasteiger partial charge in [0.15, 0.2) is 5.89 Å². The summed E-state index contributed by atoms with van der Waals surface area (Å²) in [6, 6.07) is 3.94. The molecule has 1 saturated heterocycles. The lowest BCUT2D eigenvalue weighted by Crippen LogP contribution is -2.36. The van der Waals surface area contributed by atoms with Crippen LogP contribution in [0.25, 0.3) is 0 Å². The maximum absolute atomic E-state index is 12.9. The molecule has 2 fully saturated rings. The first-order valence-corrected chi connectivity index (χ1v) is 9.51. The Bertz CT molecular complexity index is 721. The molecule has 0 unspecified atom stereocenters. The lowest BCUT2D eigenvalue weighted by Gasteiger charge is -2.25. The fourth-order valence-electron chi connectivity index (χ4n) is 3.45. The minimum absolute atomic E-state index is 0.0588. The highest BCUT2D eigenvalue weighted by atomic mass is 32.1. The highest BCUT2D eigenvalue weighted by Gasteiger charge is 2.36. The predicted octanol–water partition coefficient (Wildman–Crippen LogP) is 3.65. The van der Waals surface area contributed by atoms with Crippen molar-refractivity contribution in [1.29, 1.82) is 0 Å².